The quantitative estimate of drug-likeness (QED) is 0.450. The summed E-state index contributed by atoms with van der Waals surface area (Å²) in [6.45, 7) is 2.17. The smallest absolute Gasteiger partial charge is 0.325 e. The van der Waals surface area contributed by atoms with Crippen molar-refractivity contribution in [1.29, 1.82) is 0 Å². The van der Waals surface area contributed by atoms with E-state index in [1.807, 2.05) is 65.7 Å². The van der Waals surface area contributed by atoms with Crippen molar-refractivity contribution in [1.82, 2.24) is 19.8 Å². The first-order valence-corrected chi connectivity index (χ1v) is 10.5. The Balaban J connectivity index is 1.78. The fourth-order valence-corrected chi connectivity index (χ4v) is 4.18. The van der Waals surface area contributed by atoms with Crippen LogP contribution >= 0.6 is 12.2 Å². The zero-order chi connectivity index (χ0) is 21.8. The number of carbonyl (C=O) groups excluding carboxylic acids is 1. The number of hydrogen-bond acceptors (Lipinski definition) is 5. The van der Waals surface area contributed by atoms with Crippen molar-refractivity contribution in [3.8, 4) is 11.4 Å². The molecule has 4 rings (SSSR count). The van der Waals surface area contributed by atoms with Crippen molar-refractivity contribution < 1.29 is 14.3 Å². The maximum atomic E-state index is 12.4. The van der Waals surface area contributed by atoms with E-state index >= 15 is 0 Å². The van der Waals surface area contributed by atoms with Crippen LogP contribution in [-0.2, 0) is 9.53 Å². The van der Waals surface area contributed by atoms with Gasteiger partial charge in [-0.15, -0.1) is 0 Å². The summed E-state index contributed by atoms with van der Waals surface area (Å²) in [5.74, 6) is 0.444. The van der Waals surface area contributed by atoms with Crippen molar-refractivity contribution in [3.05, 3.63) is 78.4 Å². The summed E-state index contributed by atoms with van der Waals surface area (Å²) < 4.78 is 12.7. The molecular formula is C23H24N4O3S. The highest BCUT2D eigenvalue weighted by Gasteiger charge is 2.42. The van der Waals surface area contributed by atoms with Gasteiger partial charge in [-0.25, -0.2) is 0 Å². The maximum absolute atomic E-state index is 12.4. The van der Waals surface area contributed by atoms with Crippen LogP contribution in [0.15, 0.2) is 67.0 Å². The highest BCUT2D eigenvalue weighted by atomic mass is 32.1. The lowest BCUT2D eigenvalue weighted by atomic mass is 10.0. The Hall–Kier alpha value is -3.39. The summed E-state index contributed by atoms with van der Waals surface area (Å²) in [5, 5.41) is 3.85. The van der Waals surface area contributed by atoms with E-state index in [-0.39, 0.29) is 24.6 Å². The number of pyridine rings is 1. The molecule has 2 aromatic heterocycles. The molecule has 1 aliphatic heterocycles. The molecule has 0 radical (unpaired) electrons. The van der Waals surface area contributed by atoms with E-state index in [9.17, 15) is 4.79 Å². The van der Waals surface area contributed by atoms with Crippen LogP contribution in [-0.4, -0.2) is 45.8 Å². The van der Waals surface area contributed by atoms with Crippen molar-refractivity contribution in [2.24, 2.45) is 0 Å². The van der Waals surface area contributed by atoms with Crippen LogP contribution in [0.3, 0.4) is 0 Å². The second kappa shape index (κ2) is 9.18. The molecule has 160 valence electrons. The molecule has 0 aliphatic carbocycles. The molecule has 0 spiro atoms. The lowest BCUT2D eigenvalue weighted by Crippen LogP contribution is -2.36. The number of methoxy groups -OCH3 is 1. The standard InChI is InChI=1S/C23H24N4O3S/c1-3-30-20(28)15-27-22(21(25-23(27)31)18-10-4-5-12-24-18)19-11-7-13-26(19)16-8-6-9-17(14-16)29-2/h4-14,21-22H,3,15H2,1-2H3,(H,25,31)/t21-,22+/m0/s1. The summed E-state index contributed by atoms with van der Waals surface area (Å²) in [6.07, 6.45) is 3.75. The number of ether oxygens (including phenoxy) is 2. The summed E-state index contributed by atoms with van der Waals surface area (Å²) in [4.78, 5) is 18.8. The number of nitrogens with zero attached hydrogens (tertiary/aromatic N) is 3. The predicted molar refractivity (Wildman–Crippen MR) is 121 cm³/mol. The number of benzene rings is 1. The molecule has 31 heavy (non-hydrogen) atoms. The third-order valence-electron chi connectivity index (χ3n) is 5.22. The average Bonchev–Trinajstić information content (AvgIpc) is 3.39. The highest BCUT2D eigenvalue weighted by molar-refractivity contribution is 7.80. The Labute approximate surface area is 186 Å². The number of aromatic nitrogens is 2. The molecule has 1 aliphatic rings. The molecule has 1 saturated heterocycles. The molecule has 0 bridgehead atoms. The maximum Gasteiger partial charge on any atom is 0.325 e. The Morgan fingerprint density at radius 3 is 2.81 bits per heavy atom. The van der Waals surface area contributed by atoms with Gasteiger partial charge in [-0.2, -0.15) is 0 Å². The van der Waals surface area contributed by atoms with Gasteiger partial charge in [-0.3, -0.25) is 9.78 Å². The van der Waals surface area contributed by atoms with Gasteiger partial charge in [0.1, 0.15) is 12.3 Å². The van der Waals surface area contributed by atoms with Gasteiger partial charge in [0.15, 0.2) is 5.11 Å². The Bertz CT molecular complexity index is 1070. The van der Waals surface area contributed by atoms with Crippen LogP contribution < -0.4 is 10.1 Å². The summed E-state index contributed by atoms with van der Waals surface area (Å²) in [5.41, 5.74) is 2.77. The number of thiocarbonyl (C=S) groups is 1. The van der Waals surface area contributed by atoms with E-state index in [0.29, 0.717) is 11.7 Å². The van der Waals surface area contributed by atoms with Gasteiger partial charge in [-0.05, 0) is 55.5 Å². The van der Waals surface area contributed by atoms with Gasteiger partial charge in [0, 0.05) is 29.8 Å². The minimum atomic E-state index is -0.321. The van der Waals surface area contributed by atoms with Crippen molar-refractivity contribution in [3.63, 3.8) is 0 Å². The van der Waals surface area contributed by atoms with Crippen molar-refractivity contribution in [2.75, 3.05) is 20.3 Å². The zero-order valence-corrected chi connectivity index (χ0v) is 18.2. The van der Waals surface area contributed by atoms with Crippen molar-refractivity contribution in [2.45, 2.75) is 19.0 Å². The minimum Gasteiger partial charge on any atom is -0.497 e. The molecule has 3 heterocycles. The first-order valence-electron chi connectivity index (χ1n) is 10.1. The minimum absolute atomic E-state index is 0.0525. The summed E-state index contributed by atoms with van der Waals surface area (Å²) in [7, 11) is 1.65. The van der Waals surface area contributed by atoms with E-state index < -0.39 is 0 Å². The van der Waals surface area contributed by atoms with Gasteiger partial charge in [0.25, 0.3) is 0 Å². The highest BCUT2D eigenvalue weighted by Crippen LogP contribution is 2.39. The molecule has 1 N–H and O–H groups in total. The SMILES string of the molecule is CCOC(=O)CN1C(=S)N[C@@H](c2ccccn2)[C@H]1c1cccn1-c1cccc(OC)c1. The number of rotatable bonds is 7. The topological polar surface area (TPSA) is 68.6 Å². The molecule has 1 aromatic carbocycles. The fourth-order valence-electron chi connectivity index (χ4n) is 3.87. The number of hydrogen-bond donors (Lipinski definition) is 1. The lowest BCUT2D eigenvalue weighted by molar-refractivity contribution is -0.143. The third kappa shape index (κ3) is 4.25. The predicted octanol–water partition coefficient (Wildman–Crippen LogP) is 3.42. The van der Waals surface area contributed by atoms with Gasteiger partial charge in [0.05, 0.1) is 31.5 Å². The Morgan fingerprint density at radius 2 is 2.06 bits per heavy atom. The van der Waals surface area contributed by atoms with Crippen LogP contribution in [0, 0.1) is 0 Å². The molecular weight excluding hydrogens is 412 g/mol. The number of nitrogens with one attached hydrogen (secondary N) is 1. The fraction of sp³-hybridized carbons (Fsp3) is 0.261. The Kier molecular flexibility index (Phi) is 6.18. The zero-order valence-electron chi connectivity index (χ0n) is 17.4. The third-order valence-corrected chi connectivity index (χ3v) is 5.57. The van der Waals surface area contributed by atoms with Crippen LogP contribution in [0.4, 0.5) is 0 Å². The summed E-state index contributed by atoms with van der Waals surface area (Å²) in [6, 6.07) is 17.1. The lowest BCUT2D eigenvalue weighted by Gasteiger charge is -2.28. The van der Waals surface area contributed by atoms with E-state index in [1.54, 1.807) is 20.2 Å². The van der Waals surface area contributed by atoms with E-state index in [0.717, 1.165) is 22.8 Å². The van der Waals surface area contributed by atoms with Gasteiger partial charge in [0.2, 0.25) is 0 Å². The first-order chi connectivity index (χ1) is 15.1. The van der Waals surface area contributed by atoms with Crippen LogP contribution in [0.1, 0.15) is 30.4 Å². The van der Waals surface area contributed by atoms with Crippen molar-refractivity contribution >= 4 is 23.3 Å². The molecule has 3 aromatic rings. The van der Waals surface area contributed by atoms with Gasteiger partial charge in [-0.1, -0.05) is 12.1 Å². The Morgan fingerprint density at radius 1 is 1.19 bits per heavy atom. The molecule has 1 fully saturated rings. The second-order valence-corrected chi connectivity index (χ2v) is 7.45. The molecule has 0 unspecified atom stereocenters. The molecule has 8 heteroatoms. The largest absolute Gasteiger partial charge is 0.497 e. The van der Waals surface area contributed by atoms with Crippen LogP contribution in [0.25, 0.3) is 5.69 Å². The number of esters is 1. The molecule has 0 saturated carbocycles. The summed E-state index contributed by atoms with van der Waals surface area (Å²) >= 11 is 5.62. The average molecular weight is 437 g/mol. The molecule has 0 amide bonds. The normalized spacial score (nSPS) is 18.0. The van der Waals surface area contributed by atoms with E-state index in [1.165, 1.54) is 0 Å². The van der Waals surface area contributed by atoms with Crippen LogP contribution in [0.5, 0.6) is 5.75 Å². The van der Waals surface area contributed by atoms with E-state index in [4.69, 9.17) is 21.7 Å². The monoisotopic (exact) mass is 436 g/mol. The van der Waals surface area contributed by atoms with Crippen LogP contribution in [0.2, 0.25) is 0 Å². The van der Waals surface area contributed by atoms with Gasteiger partial charge >= 0.3 is 5.97 Å². The number of carbonyl (C=O) groups is 1. The van der Waals surface area contributed by atoms with Gasteiger partial charge < -0.3 is 24.3 Å². The molecule has 2 atom stereocenters. The van der Waals surface area contributed by atoms with E-state index in [2.05, 4.69) is 14.9 Å². The first kappa shape index (κ1) is 20.9. The second-order valence-electron chi connectivity index (χ2n) is 7.06. The molecule has 7 nitrogen and oxygen atoms in total.